The van der Waals surface area contributed by atoms with Gasteiger partial charge in [0.2, 0.25) is 0 Å². The quantitative estimate of drug-likeness (QED) is 0.591. The number of alkyl carbamates (subject to hydrolysis) is 1. The normalized spacial score (nSPS) is 11.9. The van der Waals surface area contributed by atoms with Gasteiger partial charge in [-0.2, -0.15) is 0 Å². The molecule has 0 bridgehead atoms. The van der Waals surface area contributed by atoms with Crippen molar-refractivity contribution in [1.82, 2.24) is 5.32 Å². The number of nitrogens with one attached hydrogen (secondary N) is 1. The molecule has 0 radical (unpaired) electrons. The van der Waals surface area contributed by atoms with Crippen molar-refractivity contribution in [1.29, 1.82) is 0 Å². The first-order valence-corrected chi connectivity index (χ1v) is 7.37. The number of allylic oxidation sites excluding steroid dienone is 1. The Kier molecular flexibility index (Phi) is 8.42. The molecule has 0 aliphatic heterocycles. The summed E-state index contributed by atoms with van der Waals surface area (Å²) in [6.07, 6.45) is 5.56. The third kappa shape index (κ3) is 6.92. The Morgan fingerprint density at radius 2 is 1.95 bits per heavy atom. The molecule has 22 heavy (non-hydrogen) atoms. The lowest BCUT2D eigenvalue weighted by molar-refractivity contribution is -0.142. The van der Waals surface area contributed by atoms with E-state index in [0.29, 0.717) is 6.42 Å². The molecule has 0 aromatic heterocycles. The Bertz CT molecular complexity index is 485. The fourth-order valence-corrected chi connectivity index (χ4v) is 1.78. The fourth-order valence-electron chi connectivity index (χ4n) is 1.78. The van der Waals surface area contributed by atoms with Crippen LogP contribution >= 0.6 is 0 Å². The predicted molar refractivity (Wildman–Crippen MR) is 84.2 cm³/mol. The van der Waals surface area contributed by atoms with Crippen LogP contribution in [0.5, 0.6) is 0 Å². The summed E-state index contributed by atoms with van der Waals surface area (Å²) in [4.78, 5) is 23.4. The smallest absolute Gasteiger partial charge is 0.408 e. The highest BCUT2D eigenvalue weighted by Crippen LogP contribution is 2.03. The van der Waals surface area contributed by atoms with Gasteiger partial charge in [-0.25, -0.2) is 9.59 Å². The first-order chi connectivity index (χ1) is 10.7. The van der Waals surface area contributed by atoms with Crippen molar-refractivity contribution in [3.05, 3.63) is 48.0 Å². The second-order valence-corrected chi connectivity index (χ2v) is 4.78. The molecule has 5 nitrogen and oxygen atoms in total. The monoisotopic (exact) mass is 305 g/mol. The number of hydrogen-bond donors (Lipinski definition) is 1. The van der Waals surface area contributed by atoms with E-state index in [2.05, 4.69) is 17.0 Å². The van der Waals surface area contributed by atoms with Gasteiger partial charge in [-0.05, 0) is 18.4 Å². The minimum absolute atomic E-state index is 0.159. The molecule has 0 aliphatic carbocycles. The van der Waals surface area contributed by atoms with Gasteiger partial charge < -0.3 is 14.8 Å². The molecule has 1 aromatic carbocycles. The van der Waals surface area contributed by atoms with E-state index in [9.17, 15) is 9.59 Å². The largest absolute Gasteiger partial charge is 0.467 e. The highest BCUT2D eigenvalue weighted by molar-refractivity contribution is 5.81. The zero-order valence-corrected chi connectivity index (χ0v) is 13.1. The van der Waals surface area contributed by atoms with Crippen LogP contribution in [-0.4, -0.2) is 25.2 Å². The van der Waals surface area contributed by atoms with Gasteiger partial charge in [0.15, 0.2) is 0 Å². The number of amides is 1. The number of ether oxygens (including phenoxy) is 2. The molecule has 1 rings (SSSR count). The topological polar surface area (TPSA) is 64.6 Å². The van der Waals surface area contributed by atoms with Gasteiger partial charge in [0, 0.05) is 0 Å². The van der Waals surface area contributed by atoms with Crippen molar-refractivity contribution in [3.8, 4) is 0 Å². The molecule has 120 valence electrons. The minimum atomic E-state index is -0.735. The van der Waals surface area contributed by atoms with Gasteiger partial charge >= 0.3 is 12.1 Å². The predicted octanol–water partition coefficient (Wildman–Crippen LogP) is 3.20. The van der Waals surface area contributed by atoms with E-state index in [1.807, 2.05) is 42.5 Å². The average molecular weight is 305 g/mol. The van der Waals surface area contributed by atoms with Crippen LogP contribution in [0.1, 0.15) is 31.7 Å². The van der Waals surface area contributed by atoms with E-state index in [0.717, 1.165) is 18.4 Å². The van der Waals surface area contributed by atoms with Crippen LogP contribution < -0.4 is 5.32 Å². The van der Waals surface area contributed by atoms with Gasteiger partial charge in [0.25, 0.3) is 0 Å². The van der Waals surface area contributed by atoms with Crippen molar-refractivity contribution < 1.29 is 19.1 Å². The van der Waals surface area contributed by atoms with E-state index < -0.39 is 18.1 Å². The van der Waals surface area contributed by atoms with E-state index in [1.54, 1.807) is 0 Å². The maximum Gasteiger partial charge on any atom is 0.408 e. The van der Waals surface area contributed by atoms with Gasteiger partial charge in [0.05, 0.1) is 7.11 Å². The molecule has 1 amide bonds. The number of benzene rings is 1. The SMILES string of the molecule is CCC/C=C/CC(NC(=O)OCc1ccccc1)C(=O)OC. The van der Waals surface area contributed by atoms with Crippen LogP contribution in [0, 0.1) is 0 Å². The van der Waals surface area contributed by atoms with Crippen LogP contribution in [0.15, 0.2) is 42.5 Å². The molecule has 1 unspecified atom stereocenters. The highest BCUT2D eigenvalue weighted by atomic mass is 16.6. The molecule has 0 heterocycles. The number of esters is 1. The summed E-state index contributed by atoms with van der Waals surface area (Å²) in [5.74, 6) is -0.488. The molecule has 0 saturated carbocycles. The van der Waals surface area contributed by atoms with E-state index in [1.165, 1.54) is 7.11 Å². The summed E-state index contributed by atoms with van der Waals surface area (Å²) in [6.45, 7) is 2.23. The molecular weight excluding hydrogens is 282 g/mol. The average Bonchev–Trinajstić information content (AvgIpc) is 2.56. The summed E-state index contributed by atoms with van der Waals surface area (Å²) in [5.41, 5.74) is 0.884. The second kappa shape index (κ2) is 10.4. The first kappa shape index (κ1) is 17.8. The Morgan fingerprint density at radius 1 is 1.23 bits per heavy atom. The lowest BCUT2D eigenvalue weighted by Gasteiger charge is -2.14. The molecule has 1 N–H and O–H groups in total. The molecule has 0 spiro atoms. The Morgan fingerprint density at radius 3 is 2.59 bits per heavy atom. The number of methoxy groups -OCH3 is 1. The number of rotatable bonds is 8. The third-order valence-electron chi connectivity index (χ3n) is 2.98. The van der Waals surface area contributed by atoms with Crippen molar-refractivity contribution in [3.63, 3.8) is 0 Å². The fraction of sp³-hybridized carbons (Fsp3) is 0.412. The van der Waals surface area contributed by atoms with Crippen molar-refractivity contribution in [2.75, 3.05) is 7.11 Å². The van der Waals surface area contributed by atoms with Crippen molar-refractivity contribution in [2.45, 2.75) is 38.8 Å². The van der Waals surface area contributed by atoms with Crippen LogP contribution in [0.2, 0.25) is 0 Å². The zero-order valence-electron chi connectivity index (χ0n) is 13.1. The van der Waals surface area contributed by atoms with Gasteiger partial charge in [-0.3, -0.25) is 0 Å². The van der Waals surface area contributed by atoms with E-state index in [-0.39, 0.29) is 6.61 Å². The van der Waals surface area contributed by atoms with Crippen molar-refractivity contribution in [2.24, 2.45) is 0 Å². The van der Waals surface area contributed by atoms with Gasteiger partial charge in [0.1, 0.15) is 12.6 Å². The number of carbonyl (C=O) groups excluding carboxylic acids is 2. The summed E-state index contributed by atoms with van der Waals surface area (Å²) >= 11 is 0. The second-order valence-electron chi connectivity index (χ2n) is 4.78. The Hall–Kier alpha value is -2.30. The lowest BCUT2D eigenvalue weighted by Crippen LogP contribution is -2.41. The molecule has 1 atom stereocenters. The summed E-state index contributed by atoms with van der Waals surface area (Å²) in [7, 11) is 1.29. The van der Waals surface area contributed by atoms with Gasteiger partial charge in [-0.1, -0.05) is 55.8 Å². The molecule has 0 aliphatic rings. The minimum Gasteiger partial charge on any atom is -0.467 e. The van der Waals surface area contributed by atoms with Crippen LogP contribution in [-0.2, 0) is 20.9 Å². The molecule has 0 saturated heterocycles. The Balaban J connectivity index is 2.46. The molecule has 1 aromatic rings. The number of unbranched alkanes of at least 4 members (excludes halogenated alkanes) is 1. The summed E-state index contributed by atoms with van der Waals surface area (Å²) in [5, 5.41) is 2.53. The van der Waals surface area contributed by atoms with E-state index >= 15 is 0 Å². The highest BCUT2D eigenvalue weighted by Gasteiger charge is 2.20. The lowest BCUT2D eigenvalue weighted by atomic mass is 10.2. The maximum absolute atomic E-state index is 11.8. The van der Waals surface area contributed by atoms with Crippen LogP contribution in [0.4, 0.5) is 4.79 Å². The van der Waals surface area contributed by atoms with Crippen molar-refractivity contribution >= 4 is 12.1 Å². The molecule has 0 fully saturated rings. The van der Waals surface area contributed by atoms with Crippen LogP contribution in [0.25, 0.3) is 0 Å². The zero-order chi connectivity index (χ0) is 16.2. The van der Waals surface area contributed by atoms with E-state index in [4.69, 9.17) is 4.74 Å². The maximum atomic E-state index is 11.8. The standard InChI is InChI=1S/C17H23NO4/c1-3-4-5-9-12-15(16(19)21-2)18-17(20)22-13-14-10-7-6-8-11-14/h5-11,15H,3-4,12-13H2,1-2H3,(H,18,20)/b9-5+. The molecule has 5 heteroatoms. The third-order valence-corrected chi connectivity index (χ3v) is 2.98. The molecular formula is C17H23NO4. The van der Waals surface area contributed by atoms with Crippen LogP contribution in [0.3, 0.4) is 0 Å². The number of hydrogen-bond acceptors (Lipinski definition) is 4. The van der Waals surface area contributed by atoms with Gasteiger partial charge in [-0.15, -0.1) is 0 Å². The summed E-state index contributed by atoms with van der Waals surface area (Å²) < 4.78 is 9.79. The Labute approximate surface area is 131 Å². The first-order valence-electron chi connectivity index (χ1n) is 7.37. The summed E-state index contributed by atoms with van der Waals surface area (Å²) in [6, 6.07) is 8.61. The number of carbonyl (C=O) groups is 2.